The molecule has 0 radical (unpaired) electrons. The summed E-state index contributed by atoms with van der Waals surface area (Å²) in [4.78, 5) is 0. The van der Waals surface area contributed by atoms with Crippen LogP contribution < -0.4 is 9.47 Å². The van der Waals surface area contributed by atoms with Gasteiger partial charge in [-0.25, -0.2) is 0 Å². The zero-order valence-electron chi connectivity index (χ0n) is 10.6. The van der Waals surface area contributed by atoms with Crippen molar-refractivity contribution in [3.05, 3.63) is 58.1 Å². The van der Waals surface area contributed by atoms with E-state index in [2.05, 4.69) is 15.9 Å². The number of hydrogen-bond acceptors (Lipinski definition) is 3. The molecule has 19 heavy (non-hydrogen) atoms. The lowest BCUT2D eigenvalue weighted by Crippen LogP contribution is -2.00. The lowest BCUT2D eigenvalue weighted by molar-refractivity contribution is 0.257. The summed E-state index contributed by atoms with van der Waals surface area (Å²) in [6, 6.07) is 13.3. The van der Waals surface area contributed by atoms with E-state index in [0.29, 0.717) is 18.1 Å². The Morgan fingerprint density at radius 1 is 1.11 bits per heavy atom. The van der Waals surface area contributed by atoms with Gasteiger partial charge in [0.25, 0.3) is 0 Å². The summed E-state index contributed by atoms with van der Waals surface area (Å²) in [7, 11) is 1.60. The number of halogens is 1. The van der Waals surface area contributed by atoms with Gasteiger partial charge in [0.15, 0.2) is 0 Å². The Kier molecular flexibility index (Phi) is 4.82. The van der Waals surface area contributed by atoms with Crippen molar-refractivity contribution in [2.24, 2.45) is 0 Å². The highest BCUT2D eigenvalue weighted by atomic mass is 79.9. The molecule has 0 aromatic heterocycles. The van der Waals surface area contributed by atoms with Gasteiger partial charge in [0.2, 0.25) is 0 Å². The van der Waals surface area contributed by atoms with Crippen LogP contribution >= 0.6 is 15.9 Å². The second-order valence-corrected chi connectivity index (χ2v) is 4.87. The van der Waals surface area contributed by atoms with Gasteiger partial charge < -0.3 is 14.6 Å². The minimum Gasteiger partial charge on any atom is -0.497 e. The monoisotopic (exact) mass is 322 g/mol. The highest BCUT2D eigenvalue weighted by Crippen LogP contribution is 2.26. The van der Waals surface area contributed by atoms with E-state index in [1.165, 1.54) is 0 Å². The zero-order valence-corrected chi connectivity index (χ0v) is 12.2. The van der Waals surface area contributed by atoms with Crippen LogP contribution in [0.2, 0.25) is 0 Å². The van der Waals surface area contributed by atoms with Crippen molar-refractivity contribution < 1.29 is 14.6 Å². The molecular weight excluding hydrogens is 308 g/mol. The molecule has 2 rings (SSSR count). The van der Waals surface area contributed by atoms with E-state index in [1.807, 2.05) is 24.3 Å². The van der Waals surface area contributed by atoms with Gasteiger partial charge in [-0.3, -0.25) is 0 Å². The highest BCUT2D eigenvalue weighted by Gasteiger charge is 2.06. The maximum atomic E-state index is 9.30. The molecule has 0 bridgehead atoms. The highest BCUT2D eigenvalue weighted by molar-refractivity contribution is 9.10. The van der Waals surface area contributed by atoms with Gasteiger partial charge in [-0.2, -0.15) is 0 Å². The van der Waals surface area contributed by atoms with E-state index in [0.717, 1.165) is 15.6 Å². The molecule has 0 saturated carbocycles. The molecule has 0 spiro atoms. The van der Waals surface area contributed by atoms with Crippen LogP contribution in [-0.2, 0) is 13.2 Å². The van der Waals surface area contributed by atoms with E-state index in [1.54, 1.807) is 25.3 Å². The Labute approximate surface area is 120 Å². The molecule has 0 aliphatic rings. The van der Waals surface area contributed by atoms with Crippen LogP contribution in [0.4, 0.5) is 0 Å². The maximum Gasteiger partial charge on any atom is 0.129 e. The molecule has 2 aromatic carbocycles. The molecule has 0 amide bonds. The summed E-state index contributed by atoms with van der Waals surface area (Å²) >= 11 is 3.48. The average Bonchev–Trinajstić information content (AvgIpc) is 2.46. The Morgan fingerprint density at radius 3 is 2.58 bits per heavy atom. The van der Waals surface area contributed by atoms with Crippen molar-refractivity contribution in [1.29, 1.82) is 0 Å². The minimum absolute atomic E-state index is 0.0602. The van der Waals surface area contributed by atoms with Crippen molar-refractivity contribution in [1.82, 2.24) is 0 Å². The van der Waals surface area contributed by atoms with Gasteiger partial charge in [-0.1, -0.05) is 34.1 Å². The third-order valence-electron chi connectivity index (χ3n) is 2.79. The second kappa shape index (κ2) is 6.59. The summed E-state index contributed by atoms with van der Waals surface area (Å²) in [6.45, 7) is 0.372. The first-order valence-corrected chi connectivity index (χ1v) is 6.68. The Hall–Kier alpha value is -1.52. The number of methoxy groups -OCH3 is 1. The Balaban J connectivity index is 2.16. The van der Waals surface area contributed by atoms with Crippen molar-refractivity contribution >= 4 is 15.9 Å². The molecule has 4 heteroatoms. The number of aliphatic hydroxyl groups is 1. The molecule has 2 aromatic rings. The molecule has 0 aliphatic carbocycles. The molecule has 0 unspecified atom stereocenters. The topological polar surface area (TPSA) is 38.7 Å². The minimum atomic E-state index is -0.0602. The molecule has 0 atom stereocenters. The van der Waals surface area contributed by atoms with Crippen molar-refractivity contribution in [3.8, 4) is 11.5 Å². The van der Waals surface area contributed by atoms with Gasteiger partial charge in [-0.05, 0) is 18.2 Å². The van der Waals surface area contributed by atoms with Crippen LogP contribution in [0.5, 0.6) is 11.5 Å². The average molecular weight is 323 g/mol. The predicted octanol–water partition coefficient (Wildman–Crippen LogP) is 3.53. The summed E-state index contributed by atoms with van der Waals surface area (Å²) in [5.41, 5.74) is 1.79. The summed E-state index contributed by atoms with van der Waals surface area (Å²) in [5.74, 6) is 1.34. The third kappa shape index (κ3) is 3.49. The molecule has 0 saturated heterocycles. The number of ether oxygens (including phenoxy) is 2. The van der Waals surface area contributed by atoms with Crippen molar-refractivity contribution in [2.75, 3.05) is 7.11 Å². The standard InChI is InChI=1S/C15H15BrO3/c1-18-13-7-6-11(9-17)15(8-13)19-10-12-4-2-3-5-14(12)16/h2-8,17H,9-10H2,1H3. The maximum absolute atomic E-state index is 9.30. The molecule has 1 N–H and O–H groups in total. The fourth-order valence-corrected chi connectivity index (χ4v) is 2.10. The van der Waals surface area contributed by atoms with E-state index >= 15 is 0 Å². The van der Waals surface area contributed by atoms with Crippen molar-refractivity contribution in [2.45, 2.75) is 13.2 Å². The molecule has 0 heterocycles. The molecule has 0 fully saturated rings. The zero-order chi connectivity index (χ0) is 13.7. The normalized spacial score (nSPS) is 10.3. The number of aliphatic hydroxyl groups excluding tert-OH is 1. The molecule has 3 nitrogen and oxygen atoms in total. The molecule has 0 aliphatic heterocycles. The number of hydrogen-bond donors (Lipinski definition) is 1. The third-order valence-corrected chi connectivity index (χ3v) is 3.56. The SMILES string of the molecule is COc1ccc(CO)c(OCc2ccccc2Br)c1. The number of benzene rings is 2. The smallest absolute Gasteiger partial charge is 0.129 e. The number of rotatable bonds is 5. The van der Waals surface area contributed by atoms with Gasteiger partial charge in [0, 0.05) is 21.7 Å². The van der Waals surface area contributed by atoms with E-state index in [9.17, 15) is 5.11 Å². The summed E-state index contributed by atoms with van der Waals surface area (Å²) < 4.78 is 11.9. The second-order valence-electron chi connectivity index (χ2n) is 4.01. The van der Waals surface area contributed by atoms with Gasteiger partial charge in [0.05, 0.1) is 13.7 Å². The quantitative estimate of drug-likeness (QED) is 0.915. The van der Waals surface area contributed by atoms with Gasteiger partial charge >= 0.3 is 0 Å². The lowest BCUT2D eigenvalue weighted by atomic mass is 10.2. The lowest BCUT2D eigenvalue weighted by Gasteiger charge is -2.12. The first-order valence-electron chi connectivity index (χ1n) is 5.88. The fraction of sp³-hybridized carbons (Fsp3) is 0.200. The van der Waals surface area contributed by atoms with Gasteiger partial charge in [-0.15, -0.1) is 0 Å². The Morgan fingerprint density at radius 2 is 1.89 bits per heavy atom. The van der Waals surface area contributed by atoms with E-state index in [4.69, 9.17) is 9.47 Å². The summed E-state index contributed by atoms with van der Waals surface area (Å²) in [6.07, 6.45) is 0. The molecular formula is C15H15BrO3. The fourth-order valence-electron chi connectivity index (χ4n) is 1.70. The van der Waals surface area contributed by atoms with Gasteiger partial charge in [0.1, 0.15) is 18.1 Å². The van der Waals surface area contributed by atoms with Crippen LogP contribution in [0.25, 0.3) is 0 Å². The first-order chi connectivity index (χ1) is 9.24. The van der Waals surface area contributed by atoms with Crippen LogP contribution in [0, 0.1) is 0 Å². The predicted molar refractivity (Wildman–Crippen MR) is 77.4 cm³/mol. The van der Waals surface area contributed by atoms with Crippen LogP contribution in [-0.4, -0.2) is 12.2 Å². The van der Waals surface area contributed by atoms with E-state index in [-0.39, 0.29) is 6.61 Å². The summed E-state index contributed by atoms with van der Waals surface area (Å²) in [5, 5.41) is 9.30. The Bertz CT molecular complexity index is 555. The van der Waals surface area contributed by atoms with E-state index < -0.39 is 0 Å². The van der Waals surface area contributed by atoms with Crippen molar-refractivity contribution in [3.63, 3.8) is 0 Å². The molecule has 100 valence electrons. The van der Waals surface area contributed by atoms with Crippen LogP contribution in [0.1, 0.15) is 11.1 Å². The first kappa shape index (κ1) is 13.9. The van der Waals surface area contributed by atoms with Crippen LogP contribution in [0.3, 0.4) is 0 Å². The largest absolute Gasteiger partial charge is 0.497 e. The van der Waals surface area contributed by atoms with Crippen LogP contribution in [0.15, 0.2) is 46.9 Å².